The Balaban J connectivity index is 3.66. The monoisotopic (exact) mass is 168 g/mol. The highest BCUT2D eigenvalue weighted by atomic mass is 16.5. The Labute approximate surface area is 76.5 Å². The first-order chi connectivity index (χ1) is 5.27. The lowest BCUT2D eigenvalue weighted by atomic mass is 9.91. The van der Waals surface area contributed by atoms with E-state index >= 15 is 0 Å². The van der Waals surface area contributed by atoms with Crippen molar-refractivity contribution in [3.63, 3.8) is 0 Å². The number of rotatable bonds is 3. The minimum atomic E-state index is -0.0509. The van der Waals surface area contributed by atoms with Gasteiger partial charge in [-0.15, -0.1) is 12.3 Å². The molecule has 0 atom stereocenters. The summed E-state index contributed by atoms with van der Waals surface area (Å²) in [5.74, 6) is 2.75. The van der Waals surface area contributed by atoms with Crippen LogP contribution in [0.25, 0.3) is 0 Å². The summed E-state index contributed by atoms with van der Waals surface area (Å²) in [5, 5.41) is 0. The Hall–Kier alpha value is -0.480. The molecule has 0 heterocycles. The van der Waals surface area contributed by atoms with E-state index in [0.717, 1.165) is 13.0 Å². The standard InChI is InChI=1S/C11H20O/c1-7-11(5,6)8-9-12-10(2,3)4/h1H,8-9H2,2-6H3. The third-order valence-electron chi connectivity index (χ3n) is 1.65. The van der Waals surface area contributed by atoms with Gasteiger partial charge < -0.3 is 4.74 Å². The highest BCUT2D eigenvalue weighted by Crippen LogP contribution is 2.19. The Morgan fingerprint density at radius 1 is 1.17 bits per heavy atom. The van der Waals surface area contributed by atoms with Gasteiger partial charge in [0, 0.05) is 12.0 Å². The molecule has 0 radical (unpaired) electrons. The molecule has 70 valence electrons. The van der Waals surface area contributed by atoms with Crippen LogP contribution in [0.1, 0.15) is 41.0 Å². The molecule has 0 aliphatic heterocycles. The van der Waals surface area contributed by atoms with Crippen molar-refractivity contribution in [2.24, 2.45) is 5.41 Å². The molecular formula is C11H20O. The van der Waals surface area contributed by atoms with Gasteiger partial charge in [-0.2, -0.15) is 0 Å². The van der Waals surface area contributed by atoms with E-state index in [2.05, 4.69) is 40.5 Å². The molecule has 0 aromatic rings. The Morgan fingerprint density at radius 3 is 2.00 bits per heavy atom. The number of terminal acetylenes is 1. The fraction of sp³-hybridized carbons (Fsp3) is 0.818. The molecule has 12 heavy (non-hydrogen) atoms. The lowest BCUT2D eigenvalue weighted by Crippen LogP contribution is -2.22. The zero-order valence-electron chi connectivity index (χ0n) is 8.90. The van der Waals surface area contributed by atoms with Gasteiger partial charge in [-0.1, -0.05) is 0 Å². The zero-order chi connectivity index (χ0) is 9.83. The van der Waals surface area contributed by atoms with Gasteiger partial charge in [0.15, 0.2) is 0 Å². The first-order valence-corrected chi connectivity index (χ1v) is 4.39. The second-order valence-corrected chi connectivity index (χ2v) is 4.74. The molecule has 1 heteroatoms. The summed E-state index contributed by atoms with van der Waals surface area (Å²) in [6.45, 7) is 11.0. The minimum absolute atomic E-state index is 0.0365. The molecule has 0 N–H and O–H groups in total. The fourth-order valence-electron chi connectivity index (χ4n) is 0.685. The van der Waals surface area contributed by atoms with Crippen LogP contribution in [-0.2, 0) is 4.74 Å². The van der Waals surface area contributed by atoms with Crippen LogP contribution in [0.4, 0.5) is 0 Å². The van der Waals surface area contributed by atoms with Crippen LogP contribution in [0, 0.1) is 17.8 Å². The van der Waals surface area contributed by atoms with Crippen LogP contribution in [0.2, 0.25) is 0 Å². The lowest BCUT2D eigenvalue weighted by Gasteiger charge is -2.23. The van der Waals surface area contributed by atoms with Crippen molar-refractivity contribution in [3.8, 4) is 12.3 Å². The minimum Gasteiger partial charge on any atom is -0.376 e. The quantitative estimate of drug-likeness (QED) is 0.589. The van der Waals surface area contributed by atoms with E-state index in [4.69, 9.17) is 11.2 Å². The topological polar surface area (TPSA) is 9.23 Å². The molecule has 0 aromatic heterocycles. The zero-order valence-corrected chi connectivity index (χ0v) is 8.90. The van der Waals surface area contributed by atoms with Crippen LogP contribution < -0.4 is 0 Å². The Bertz CT molecular complexity index is 166. The molecule has 0 bridgehead atoms. The molecule has 0 fully saturated rings. The molecule has 1 nitrogen and oxygen atoms in total. The second kappa shape index (κ2) is 3.96. The highest BCUT2D eigenvalue weighted by Gasteiger charge is 2.16. The smallest absolute Gasteiger partial charge is 0.0598 e. The summed E-state index contributed by atoms with van der Waals surface area (Å²) in [5.41, 5.74) is -0.0874. The van der Waals surface area contributed by atoms with Crippen molar-refractivity contribution in [3.05, 3.63) is 0 Å². The molecule has 0 aliphatic carbocycles. The predicted molar refractivity (Wildman–Crippen MR) is 52.9 cm³/mol. The van der Waals surface area contributed by atoms with Gasteiger partial charge in [0.2, 0.25) is 0 Å². The van der Waals surface area contributed by atoms with Crippen LogP contribution in [0.15, 0.2) is 0 Å². The number of hydrogen-bond acceptors (Lipinski definition) is 1. The van der Waals surface area contributed by atoms with Crippen LogP contribution in [-0.4, -0.2) is 12.2 Å². The SMILES string of the molecule is C#CC(C)(C)CCOC(C)(C)C. The molecule has 0 unspecified atom stereocenters. The molecule has 0 spiro atoms. The summed E-state index contributed by atoms with van der Waals surface area (Å²) in [6, 6.07) is 0. The van der Waals surface area contributed by atoms with E-state index in [1.807, 2.05) is 0 Å². The van der Waals surface area contributed by atoms with Crippen molar-refractivity contribution < 1.29 is 4.74 Å². The van der Waals surface area contributed by atoms with Gasteiger partial charge in [0.1, 0.15) is 0 Å². The normalized spacial score (nSPS) is 12.7. The summed E-state index contributed by atoms with van der Waals surface area (Å²) in [7, 11) is 0. The fourth-order valence-corrected chi connectivity index (χ4v) is 0.685. The van der Waals surface area contributed by atoms with E-state index in [1.165, 1.54) is 0 Å². The number of hydrogen-bond donors (Lipinski definition) is 0. The van der Waals surface area contributed by atoms with Gasteiger partial charge in [0.25, 0.3) is 0 Å². The van der Waals surface area contributed by atoms with E-state index in [9.17, 15) is 0 Å². The summed E-state index contributed by atoms with van der Waals surface area (Å²) >= 11 is 0. The predicted octanol–water partition coefficient (Wildman–Crippen LogP) is 2.85. The summed E-state index contributed by atoms with van der Waals surface area (Å²) < 4.78 is 5.57. The van der Waals surface area contributed by atoms with Gasteiger partial charge in [-0.25, -0.2) is 0 Å². The first kappa shape index (κ1) is 11.5. The molecule has 0 aliphatic rings. The van der Waals surface area contributed by atoms with Gasteiger partial charge in [0.05, 0.1) is 5.60 Å². The van der Waals surface area contributed by atoms with E-state index in [1.54, 1.807) is 0 Å². The molecule has 0 aromatic carbocycles. The molecule has 0 amide bonds. The van der Waals surface area contributed by atoms with E-state index in [0.29, 0.717) is 0 Å². The Morgan fingerprint density at radius 2 is 1.67 bits per heavy atom. The third-order valence-corrected chi connectivity index (χ3v) is 1.65. The van der Waals surface area contributed by atoms with E-state index < -0.39 is 0 Å². The van der Waals surface area contributed by atoms with E-state index in [-0.39, 0.29) is 11.0 Å². The molecular weight excluding hydrogens is 148 g/mol. The Kier molecular flexibility index (Phi) is 3.80. The number of ether oxygens (including phenoxy) is 1. The van der Waals surface area contributed by atoms with Gasteiger partial charge in [-0.05, 0) is 41.0 Å². The summed E-state index contributed by atoms with van der Waals surface area (Å²) in [6.07, 6.45) is 6.27. The molecule has 0 rings (SSSR count). The van der Waals surface area contributed by atoms with Crippen LogP contribution >= 0.6 is 0 Å². The molecule has 0 saturated heterocycles. The summed E-state index contributed by atoms with van der Waals surface area (Å²) in [4.78, 5) is 0. The second-order valence-electron chi connectivity index (χ2n) is 4.74. The van der Waals surface area contributed by atoms with Crippen molar-refractivity contribution >= 4 is 0 Å². The largest absolute Gasteiger partial charge is 0.376 e. The maximum absolute atomic E-state index is 5.57. The van der Waals surface area contributed by atoms with Crippen molar-refractivity contribution in [1.29, 1.82) is 0 Å². The van der Waals surface area contributed by atoms with Gasteiger partial charge >= 0.3 is 0 Å². The maximum Gasteiger partial charge on any atom is 0.0598 e. The maximum atomic E-state index is 5.57. The lowest BCUT2D eigenvalue weighted by molar-refractivity contribution is -0.0112. The van der Waals surface area contributed by atoms with Gasteiger partial charge in [-0.3, -0.25) is 0 Å². The first-order valence-electron chi connectivity index (χ1n) is 4.39. The van der Waals surface area contributed by atoms with Crippen molar-refractivity contribution in [1.82, 2.24) is 0 Å². The third kappa shape index (κ3) is 6.24. The van der Waals surface area contributed by atoms with Crippen molar-refractivity contribution in [2.45, 2.75) is 46.6 Å². The molecule has 0 saturated carbocycles. The van der Waals surface area contributed by atoms with Crippen LogP contribution in [0.3, 0.4) is 0 Å². The average Bonchev–Trinajstić information content (AvgIpc) is 1.84. The van der Waals surface area contributed by atoms with Crippen molar-refractivity contribution in [2.75, 3.05) is 6.61 Å². The average molecular weight is 168 g/mol. The highest BCUT2D eigenvalue weighted by molar-refractivity contribution is 5.00. The van der Waals surface area contributed by atoms with Crippen LogP contribution in [0.5, 0.6) is 0 Å².